The van der Waals surface area contributed by atoms with E-state index in [0.717, 1.165) is 22.8 Å². The zero-order valence-electron chi connectivity index (χ0n) is 14.3. The number of methoxy groups -OCH3 is 1. The van der Waals surface area contributed by atoms with Crippen molar-refractivity contribution >= 4 is 46.3 Å². The van der Waals surface area contributed by atoms with Crippen molar-refractivity contribution in [1.29, 1.82) is 0 Å². The molecule has 2 aromatic rings. The van der Waals surface area contributed by atoms with E-state index < -0.39 is 0 Å². The fourth-order valence-electron chi connectivity index (χ4n) is 2.10. The van der Waals surface area contributed by atoms with Gasteiger partial charge in [0.25, 0.3) is 0 Å². The molecule has 2 rings (SSSR count). The predicted molar refractivity (Wildman–Crippen MR) is 114 cm³/mol. The maximum atomic E-state index is 5.87. The molecule has 0 fully saturated rings. The molecule has 5 nitrogen and oxygen atoms in total. The number of ether oxygens (including phenoxy) is 1. The number of hydrogen-bond donors (Lipinski definition) is 4. The molecule has 0 aliphatic rings. The van der Waals surface area contributed by atoms with Gasteiger partial charge < -0.3 is 15.4 Å². The Kier molecular flexibility index (Phi) is 8.40. The van der Waals surface area contributed by atoms with Crippen LogP contribution in [0.1, 0.15) is 11.1 Å². The molecule has 0 aliphatic carbocycles. The van der Waals surface area contributed by atoms with Crippen LogP contribution in [0.5, 0.6) is 5.75 Å². The molecule has 0 spiro atoms. The third kappa shape index (κ3) is 7.43. The molecule has 0 saturated heterocycles. The van der Waals surface area contributed by atoms with Crippen molar-refractivity contribution in [2.75, 3.05) is 13.7 Å². The molecule has 0 unspecified atom stereocenters. The van der Waals surface area contributed by atoms with E-state index in [1.807, 2.05) is 48.5 Å². The first-order chi connectivity index (χ1) is 12.6. The smallest absolute Gasteiger partial charge is 0.185 e. The highest BCUT2D eigenvalue weighted by molar-refractivity contribution is 7.80. The van der Waals surface area contributed by atoms with Crippen LogP contribution >= 0.6 is 36.0 Å². The second-order valence-corrected chi connectivity index (χ2v) is 6.67. The van der Waals surface area contributed by atoms with Crippen LogP contribution in [0.2, 0.25) is 5.02 Å². The zero-order chi connectivity index (χ0) is 18.8. The molecular weight excluding hydrogens is 388 g/mol. The van der Waals surface area contributed by atoms with E-state index in [1.165, 1.54) is 5.56 Å². The van der Waals surface area contributed by atoms with Gasteiger partial charge >= 0.3 is 0 Å². The molecule has 26 heavy (non-hydrogen) atoms. The summed E-state index contributed by atoms with van der Waals surface area (Å²) in [5, 5.41) is 7.88. The highest BCUT2D eigenvalue weighted by Crippen LogP contribution is 2.11. The third-order valence-corrected chi connectivity index (χ3v) is 4.26. The van der Waals surface area contributed by atoms with Gasteiger partial charge in [-0.05, 0) is 66.2 Å². The van der Waals surface area contributed by atoms with Crippen LogP contribution in [-0.4, -0.2) is 23.9 Å². The largest absolute Gasteiger partial charge is 0.497 e. The lowest BCUT2D eigenvalue weighted by Crippen LogP contribution is -2.50. The van der Waals surface area contributed by atoms with Crippen LogP contribution in [0.3, 0.4) is 0 Å². The molecule has 0 aromatic heterocycles. The third-order valence-electron chi connectivity index (χ3n) is 3.51. The summed E-state index contributed by atoms with van der Waals surface area (Å²) in [6.45, 7) is 1.31. The van der Waals surface area contributed by atoms with Gasteiger partial charge in [-0.1, -0.05) is 35.9 Å². The summed E-state index contributed by atoms with van der Waals surface area (Å²) in [5.41, 5.74) is 8.00. The van der Waals surface area contributed by atoms with Crippen LogP contribution < -0.4 is 26.2 Å². The SMILES string of the molecule is COc1ccc(CNC(=S)NNC(=S)NCCc2ccc(Cl)cc2)cc1. The minimum Gasteiger partial charge on any atom is -0.497 e. The highest BCUT2D eigenvalue weighted by Gasteiger charge is 2.00. The Morgan fingerprint density at radius 1 is 0.885 bits per heavy atom. The van der Waals surface area contributed by atoms with Crippen LogP contribution in [0.4, 0.5) is 0 Å². The summed E-state index contributed by atoms with van der Waals surface area (Å²) in [6.07, 6.45) is 0.846. The number of hydrogen-bond acceptors (Lipinski definition) is 3. The molecule has 138 valence electrons. The summed E-state index contributed by atoms with van der Waals surface area (Å²) in [7, 11) is 1.64. The van der Waals surface area contributed by atoms with E-state index in [9.17, 15) is 0 Å². The monoisotopic (exact) mass is 408 g/mol. The molecule has 0 heterocycles. The fourth-order valence-corrected chi connectivity index (χ4v) is 2.50. The first kappa shape index (κ1) is 20.2. The molecule has 0 aliphatic heterocycles. The van der Waals surface area contributed by atoms with Gasteiger partial charge in [-0.2, -0.15) is 0 Å². The van der Waals surface area contributed by atoms with Crippen molar-refractivity contribution in [3.8, 4) is 5.75 Å². The van der Waals surface area contributed by atoms with Gasteiger partial charge in [0.15, 0.2) is 10.2 Å². The van der Waals surface area contributed by atoms with Gasteiger partial charge in [-0.15, -0.1) is 0 Å². The van der Waals surface area contributed by atoms with Gasteiger partial charge in [0.1, 0.15) is 5.75 Å². The highest BCUT2D eigenvalue weighted by atomic mass is 35.5. The molecule has 2 aromatic carbocycles. The van der Waals surface area contributed by atoms with Gasteiger partial charge in [0.2, 0.25) is 0 Å². The van der Waals surface area contributed by atoms with Crippen LogP contribution in [0.25, 0.3) is 0 Å². The van der Waals surface area contributed by atoms with Gasteiger partial charge in [0, 0.05) is 18.1 Å². The number of nitrogens with one attached hydrogen (secondary N) is 4. The van der Waals surface area contributed by atoms with Gasteiger partial charge in [-0.3, -0.25) is 10.9 Å². The standard InChI is InChI=1S/C18H21ClN4OS2/c1-24-16-8-4-14(5-9-16)12-21-18(26)23-22-17(25)20-11-10-13-2-6-15(19)7-3-13/h2-9H,10-12H2,1H3,(H2,20,22,25)(H2,21,23,26). The molecule has 0 bridgehead atoms. The molecule has 8 heteroatoms. The van der Waals surface area contributed by atoms with Crippen molar-refractivity contribution in [3.05, 3.63) is 64.7 Å². The quantitative estimate of drug-likeness (QED) is 0.433. The lowest BCUT2D eigenvalue weighted by molar-refractivity contribution is 0.414. The fraction of sp³-hybridized carbons (Fsp3) is 0.222. The first-order valence-electron chi connectivity index (χ1n) is 8.02. The summed E-state index contributed by atoms with van der Waals surface area (Å²) in [6, 6.07) is 15.5. The number of benzene rings is 2. The average Bonchev–Trinajstić information content (AvgIpc) is 2.66. The Balaban J connectivity index is 1.60. The summed E-state index contributed by atoms with van der Waals surface area (Å²) in [4.78, 5) is 0. The summed E-state index contributed by atoms with van der Waals surface area (Å²) >= 11 is 16.3. The Morgan fingerprint density at radius 3 is 2.08 bits per heavy atom. The van der Waals surface area contributed by atoms with Crippen molar-refractivity contribution in [2.24, 2.45) is 0 Å². The van der Waals surface area contributed by atoms with Crippen LogP contribution in [0, 0.1) is 0 Å². The topological polar surface area (TPSA) is 57.4 Å². The second kappa shape index (κ2) is 10.8. The van der Waals surface area contributed by atoms with E-state index in [4.69, 9.17) is 40.8 Å². The lowest BCUT2D eigenvalue weighted by atomic mass is 10.1. The molecule has 0 radical (unpaired) electrons. The second-order valence-electron chi connectivity index (χ2n) is 5.41. The van der Waals surface area contributed by atoms with Crippen LogP contribution in [-0.2, 0) is 13.0 Å². The maximum absolute atomic E-state index is 5.87. The number of rotatable bonds is 6. The minimum absolute atomic E-state index is 0.461. The van der Waals surface area contributed by atoms with Gasteiger partial charge in [-0.25, -0.2) is 0 Å². The Morgan fingerprint density at radius 2 is 1.46 bits per heavy atom. The first-order valence-corrected chi connectivity index (χ1v) is 9.21. The number of hydrazine groups is 1. The van der Waals surface area contributed by atoms with E-state index in [2.05, 4.69) is 21.5 Å². The van der Waals surface area contributed by atoms with E-state index >= 15 is 0 Å². The summed E-state index contributed by atoms with van der Waals surface area (Å²) < 4.78 is 5.13. The van der Waals surface area contributed by atoms with Crippen molar-refractivity contribution in [3.63, 3.8) is 0 Å². The molecular formula is C18H21ClN4OS2. The predicted octanol–water partition coefficient (Wildman–Crippen LogP) is 2.93. The average molecular weight is 409 g/mol. The lowest BCUT2D eigenvalue weighted by Gasteiger charge is -2.14. The van der Waals surface area contributed by atoms with Crippen molar-refractivity contribution < 1.29 is 4.74 Å². The molecule has 4 N–H and O–H groups in total. The Labute approximate surface area is 169 Å². The summed E-state index contributed by atoms with van der Waals surface area (Å²) in [5.74, 6) is 0.825. The maximum Gasteiger partial charge on any atom is 0.185 e. The minimum atomic E-state index is 0.461. The van der Waals surface area contributed by atoms with Crippen molar-refractivity contribution in [2.45, 2.75) is 13.0 Å². The van der Waals surface area contributed by atoms with E-state index in [0.29, 0.717) is 23.3 Å². The Hall–Kier alpha value is -2.09. The van der Waals surface area contributed by atoms with E-state index in [-0.39, 0.29) is 0 Å². The number of halogens is 1. The van der Waals surface area contributed by atoms with Crippen LogP contribution in [0.15, 0.2) is 48.5 Å². The number of thiocarbonyl (C=S) groups is 2. The molecule has 0 atom stereocenters. The van der Waals surface area contributed by atoms with Gasteiger partial charge in [0.05, 0.1) is 7.11 Å². The molecule has 0 saturated carbocycles. The zero-order valence-corrected chi connectivity index (χ0v) is 16.7. The molecule has 0 amide bonds. The Bertz CT molecular complexity index is 723. The van der Waals surface area contributed by atoms with E-state index in [1.54, 1.807) is 7.11 Å². The normalized spacial score (nSPS) is 9.92. The van der Waals surface area contributed by atoms with Crippen molar-refractivity contribution in [1.82, 2.24) is 21.5 Å².